The molecule has 2 aromatic carbocycles. The molecular weight excluding hydrogens is 566 g/mol. The Morgan fingerprint density at radius 1 is 1.05 bits per heavy atom. The summed E-state index contributed by atoms with van der Waals surface area (Å²) in [5.74, 6) is -3.04. The van der Waals surface area contributed by atoms with Crippen LogP contribution in [0, 0.1) is 20.6 Å². The summed E-state index contributed by atoms with van der Waals surface area (Å²) in [6.07, 6.45) is -0.261. The molecule has 13 heteroatoms. The van der Waals surface area contributed by atoms with Crippen molar-refractivity contribution in [1.29, 1.82) is 0 Å². The van der Waals surface area contributed by atoms with Crippen molar-refractivity contribution in [1.82, 2.24) is 10.4 Å². The first-order valence-electron chi connectivity index (χ1n) is 12.9. The number of esters is 2. The van der Waals surface area contributed by atoms with E-state index in [9.17, 15) is 29.3 Å². The fourth-order valence-corrected chi connectivity index (χ4v) is 5.48. The second-order valence-corrected chi connectivity index (χ2v) is 10.9. The van der Waals surface area contributed by atoms with Gasteiger partial charge in [0, 0.05) is 30.4 Å². The number of rotatable bonds is 8. The molecule has 2 aliphatic carbocycles. The maximum absolute atomic E-state index is 13.3. The highest BCUT2D eigenvalue weighted by molar-refractivity contribution is 8.00. The van der Waals surface area contributed by atoms with Crippen molar-refractivity contribution >= 4 is 41.2 Å². The minimum atomic E-state index is -2.21. The summed E-state index contributed by atoms with van der Waals surface area (Å²) < 4.78 is 10.9. The van der Waals surface area contributed by atoms with E-state index in [0.29, 0.717) is 10.6 Å². The SMILES string of the molecule is CC(=O)NC1CON(C2(C(=O)OCc3ccc([N+](=O)[O-])cc3)CC(Sc3ccccc3)C(=O)O2)C1=O.c1cc2ccc1=2. The maximum Gasteiger partial charge on any atom is 0.375 e. The lowest BCUT2D eigenvalue weighted by atomic mass is 10.1. The van der Waals surface area contributed by atoms with E-state index >= 15 is 0 Å². The van der Waals surface area contributed by atoms with Crippen LogP contribution in [0.4, 0.5) is 5.69 Å². The monoisotopic (exact) mass is 591 g/mol. The molecule has 4 aliphatic rings. The van der Waals surface area contributed by atoms with E-state index < -0.39 is 45.7 Å². The topological polar surface area (TPSA) is 154 Å². The zero-order valence-electron chi connectivity index (χ0n) is 22.3. The van der Waals surface area contributed by atoms with E-state index in [1.54, 1.807) is 24.3 Å². The first-order valence-corrected chi connectivity index (χ1v) is 13.7. The van der Waals surface area contributed by atoms with Gasteiger partial charge < -0.3 is 14.8 Å². The van der Waals surface area contributed by atoms with Crippen LogP contribution in [0.15, 0.2) is 83.8 Å². The zero-order chi connectivity index (χ0) is 29.9. The van der Waals surface area contributed by atoms with Crippen LogP contribution >= 0.6 is 11.8 Å². The van der Waals surface area contributed by atoms with E-state index in [2.05, 4.69) is 29.6 Å². The lowest BCUT2D eigenvalue weighted by Gasteiger charge is -2.32. The van der Waals surface area contributed by atoms with Gasteiger partial charge in [0.1, 0.15) is 24.5 Å². The molecule has 2 amide bonds. The maximum atomic E-state index is 13.3. The Morgan fingerprint density at radius 2 is 1.69 bits per heavy atom. The van der Waals surface area contributed by atoms with Crippen LogP contribution in [-0.4, -0.2) is 57.4 Å². The van der Waals surface area contributed by atoms with Crippen LogP contribution in [0.25, 0.3) is 0 Å². The molecule has 6 rings (SSSR count). The lowest BCUT2D eigenvalue weighted by molar-refractivity contribution is -0.384. The molecule has 0 spiro atoms. The summed E-state index contributed by atoms with van der Waals surface area (Å²) in [5, 5.41) is 15.9. The van der Waals surface area contributed by atoms with Crippen molar-refractivity contribution < 1.29 is 38.4 Å². The molecule has 2 fully saturated rings. The van der Waals surface area contributed by atoms with Crippen LogP contribution in [0.2, 0.25) is 0 Å². The van der Waals surface area contributed by atoms with Crippen molar-refractivity contribution in [2.45, 2.75) is 41.9 Å². The number of carbonyl (C=O) groups is 4. The van der Waals surface area contributed by atoms with E-state index in [1.165, 1.54) is 41.6 Å². The van der Waals surface area contributed by atoms with Gasteiger partial charge in [-0.2, -0.15) is 5.06 Å². The minimum absolute atomic E-state index is 0.132. The third-order valence-electron chi connectivity index (χ3n) is 6.64. The molecule has 0 bridgehead atoms. The van der Waals surface area contributed by atoms with Crippen molar-refractivity contribution in [3.8, 4) is 0 Å². The van der Waals surface area contributed by atoms with Crippen molar-refractivity contribution in [2.75, 3.05) is 6.61 Å². The number of hydroxylamine groups is 2. The highest BCUT2D eigenvalue weighted by atomic mass is 32.2. The van der Waals surface area contributed by atoms with Gasteiger partial charge >= 0.3 is 17.7 Å². The Morgan fingerprint density at radius 3 is 2.24 bits per heavy atom. The van der Waals surface area contributed by atoms with Gasteiger partial charge in [0.25, 0.3) is 11.6 Å². The third-order valence-corrected chi connectivity index (χ3v) is 7.83. The standard InChI is InChI=1S/C23H21N3O9S.C6H4/c1-14(27)24-18-13-34-25(20(18)28)23(11-19(21(29)35-23)36-17-5-3-2-4-6-17)22(30)33-12-15-7-9-16(10-8-15)26(31)32;1-2-6-4-3-5(1)6/h2-10,18-19H,11-13H2,1H3,(H,24,27);1-4H. The number of amides is 2. The number of carbonyl (C=O) groups excluding carboxylic acids is 4. The number of benzene rings is 3. The number of nitro groups is 1. The smallest absolute Gasteiger partial charge is 0.375 e. The Bertz CT molecular complexity index is 1580. The van der Waals surface area contributed by atoms with Gasteiger partial charge in [-0.1, -0.05) is 42.5 Å². The lowest BCUT2D eigenvalue weighted by Crippen LogP contribution is -2.57. The van der Waals surface area contributed by atoms with Crippen molar-refractivity contribution in [2.24, 2.45) is 0 Å². The Hall–Kier alpha value is -4.75. The largest absolute Gasteiger partial charge is 0.456 e. The first-order chi connectivity index (χ1) is 20.2. The fourth-order valence-electron chi connectivity index (χ4n) is 4.39. The van der Waals surface area contributed by atoms with Crippen LogP contribution in [-0.2, 0) is 40.1 Å². The van der Waals surface area contributed by atoms with Crippen molar-refractivity contribution in [3.63, 3.8) is 0 Å². The van der Waals surface area contributed by atoms with E-state index in [0.717, 1.165) is 16.7 Å². The summed E-state index contributed by atoms with van der Waals surface area (Å²) in [5.41, 5.74) is -1.91. The molecule has 2 aromatic rings. The number of cyclic esters (lactones) is 1. The van der Waals surface area contributed by atoms with E-state index in [-0.39, 0.29) is 25.3 Å². The second-order valence-electron chi connectivity index (χ2n) is 9.59. The summed E-state index contributed by atoms with van der Waals surface area (Å²) in [7, 11) is 0. The molecule has 3 atom stereocenters. The number of nitrogens with one attached hydrogen (secondary N) is 1. The predicted molar refractivity (Wildman–Crippen MR) is 147 cm³/mol. The minimum Gasteiger partial charge on any atom is -0.456 e. The molecule has 2 heterocycles. The van der Waals surface area contributed by atoms with Gasteiger partial charge in [0.2, 0.25) is 5.91 Å². The van der Waals surface area contributed by atoms with Crippen LogP contribution in [0.5, 0.6) is 0 Å². The first kappa shape index (κ1) is 28.8. The summed E-state index contributed by atoms with van der Waals surface area (Å²) in [6, 6.07) is 21.7. The van der Waals surface area contributed by atoms with Gasteiger partial charge in [0.05, 0.1) is 4.92 Å². The molecule has 42 heavy (non-hydrogen) atoms. The number of nitro benzene ring substituents is 1. The molecule has 0 radical (unpaired) electrons. The second kappa shape index (κ2) is 12.0. The van der Waals surface area contributed by atoms with Gasteiger partial charge in [-0.25, -0.2) is 4.79 Å². The van der Waals surface area contributed by atoms with Crippen LogP contribution in [0.1, 0.15) is 18.9 Å². The quantitative estimate of drug-likeness (QED) is 0.184. The Kier molecular flexibility index (Phi) is 8.22. The highest BCUT2D eigenvalue weighted by Crippen LogP contribution is 2.42. The van der Waals surface area contributed by atoms with Gasteiger partial charge in [0.15, 0.2) is 0 Å². The number of nitrogens with zero attached hydrogens (tertiary/aromatic N) is 2. The molecule has 0 aromatic heterocycles. The molecule has 12 nitrogen and oxygen atoms in total. The number of non-ortho nitro benzene ring substituents is 1. The van der Waals surface area contributed by atoms with Crippen LogP contribution in [0.3, 0.4) is 0 Å². The summed E-state index contributed by atoms with van der Waals surface area (Å²) >= 11 is 1.16. The Balaban J connectivity index is 0.000000513. The average Bonchev–Trinajstić information content (AvgIpc) is 3.49. The predicted octanol–water partition coefficient (Wildman–Crippen LogP) is 3.01. The highest BCUT2D eigenvalue weighted by Gasteiger charge is 2.63. The average molecular weight is 592 g/mol. The molecule has 3 unspecified atom stereocenters. The van der Waals surface area contributed by atoms with E-state index in [4.69, 9.17) is 14.3 Å². The number of ether oxygens (including phenoxy) is 2. The van der Waals surface area contributed by atoms with E-state index in [1.807, 2.05) is 6.07 Å². The number of thioether (sulfide) groups is 1. The fraction of sp³-hybridized carbons (Fsp3) is 0.241. The molecule has 2 aliphatic heterocycles. The molecular formula is C29H25N3O9S. The summed E-state index contributed by atoms with van der Waals surface area (Å²) in [6.45, 7) is 0.667. The normalized spacial score (nSPS) is 21.6. The zero-order valence-corrected chi connectivity index (χ0v) is 23.1. The van der Waals surface area contributed by atoms with Gasteiger partial charge in [-0.05, 0) is 40.3 Å². The third kappa shape index (κ3) is 5.97. The summed E-state index contributed by atoms with van der Waals surface area (Å²) in [4.78, 5) is 67.1. The Labute approximate surface area is 243 Å². The van der Waals surface area contributed by atoms with Gasteiger partial charge in [-0.15, -0.1) is 11.8 Å². The number of hydrogen-bond donors (Lipinski definition) is 1. The van der Waals surface area contributed by atoms with Gasteiger partial charge in [-0.3, -0.25) is 29.3 Å². The molecule has 216 valence electrons. The molecule has 1 N–H and O–H groups in total. The van der Waals surface area contributed by atoms with Crippen molar-refractivity contribution in [3.05, 3.63) is 105 Å². The molecule has 2 saturated heterocycles. The van der Waals surface area contributed by atoms with Crippen LogP contribution < -0.4 is 5.32 Å². The number of hydrogen-bond acceptors (Lipinski definition) is 10. The molecule has 0 saturated carbocycles.